The van der Waals surface area contributed by atoms with Crippen LogP contribution in [0.2, 0.25) is 0 Å². The van der Waals surface area contributed by atoms with E-state index in [-0.39, 0.29) is 31.6 Å². The summed E-state index contributed by atoms with van der Waals surface area (Å²) in [7, 11) is 1.57. The van der Waals surface area contributed by atoms with Crippen molar-refractivity contribution in [1.82, 2.24) is 5.32 Å². The summed E-state index contributed by atoms with van der Waals surface area (Å²) in [6.45, 7) is 2.37. The van der Waals surface area contributed by atoms with Gasteiger partial charge in [0.15, 0.2) is 11.5 Å². The van der Waals surface area contributed by atoms with Crippen LogP contribution in [0.4, 0.5) is 5.69 Å². The van der Waals surface area contributed by atoms with Gasteiger partial charge >= 0.3 is 0 Å². The molecule has 0 saturated carbocycles. The number of carbonyl (C=O) groups excluding carboxylic acids is 2. The van der Waals surface area contributed by atoms with Crippen molar-refractivity contribution < 1.29 is 23.8 Å². The van der Waals surface area contributed by atoms with Gasteiger partial charge in [0, 0.05) is 38.2 Å². The third-order valence-electron chi connectivity index (χ3n) is 4.23. The number of anilines is 1. The number of rotatable bonds is 7. The average molecular weight is 370 g/mol. The first-order valence-electron chi connectivity index (χ1n) is 8.64. The molecule has 1 aliphatic heterocycles. The Hall–Kier alpha value is -3.22. The van der Waals surface area contributed by atoms with Crippen LogP contribution in [-0.4, -0.2) is 32.3 Å². The minimum absolute atomic E-state index is 0.133. The molecule has 0 bridgehead atoms. The van der Waals surface area contributed by atoms with Gasteiger partial charge in [0.1, 0.15) is 5.75 Å². The Kier molecular flexibility index (Phi) is 5.80. The molecule has 0 atom stereocenters. The van der Waals surface area contributed by atoms with Crippen LogP contribution < -0.4 is 24.4 Å². The van der Waals surface area contributed by atoms with Crippen LogP contribution in [0.25, 0.3) is 0 Å². The molecule has 2 aromatic carbocycles. The van der Waals surface area contributed by atoms with Gasteiger partial charge in [-0.25, -0.2) is 0 Å². The van der Waals surface area contributed by atoms with E-state index in [2.05, 4.69) is 5.32 Å². The Morgan fingerprint density at radius 1 is 1.15 bits per heavy atom. The molecule has 0 spiro atoms. The number of amides is 2. The molecule has 1 heterocycles. The first-order valence-corrected chi connectivity index (χ1v) is 8.64. The van der Waals surface area contributed by atoms with Gasteiger partial charge < -0.3 is 24.4 Å². The van der Waals surface area contributed by atoms with Gasteiger partial charge in [0.25, 0.3) is 0 Å². The van der Waals surface area contributed by atoms with E-state index < -0.39 is 0 Å². The SMILES string of the molecule is COc1cccc(N(CCC(=O)NCc2ccc3c(c2)OCO3)C(C)=O)c1. The lowest BCUT2D eigenvalue weighted by Crippen LogP contribution is -2.33. The highest BCUT2D eigenvalue weighted by Crippen LogP contribution is 2.32. The lowest BCUT2D eigenvalue weighted by molar-refractivity contribution is -0.121. The number of hydrogen-bond donors (Lipinski definition) is 1. The minimum Gasteiger partial charge on any atom is -0.497 e. The van der Waals surface area contributed by atoms with Gasteiger partial charge in [0.05, 0.1) is 7.11 Å². The molecule has 0 radical (unpaired) electrons. The third-order valence-corrected chi connectivity index (χ3v) is 4.23. The molecule has 7 heteroatoms. The van der Waals surface area contributed by atoms with Crippen molar-refractivity contribution in [2.24, 2.45) is 0 Å². The fraction of sp³-hybridized carbons (Fsp3) is 0.300. The Balaban J connectivity index is 1.54. The maximum atomic E-state index is 12.2. The fourth-order valence-electron chi connectivity index (χ4n) is 2.80. The molecular weight excluding hydrogens is 348 g/mol. The summed E-state index contributed by atoms with van der Waals surface area (Å²) in [5.74, 6) is 1.78. The molecule has 2 aromatic rings. The van der Waals surface area contributed by atoms with Crippen LogP contribution in [-0.2, 0) is 16.1 Å². The van der Waals surface area contributed by atoms with Gasteiger partial charge in [0.2, 0.25) is 18.6 Å². The summed E-state index contributed by atoms with van der Waals surface area (Å²) in [5.41, 5.74) is 1.62. The first kappa shape index (κ1) is 18.6. The zero-order valence-corrected chi connectivity index (χ0v) is 15.4. The quantitative estimate of drug-likeness (QED) is 0.810. The van der Waals surface area contributed by atoms with Crippen LogP contribution in [0.5, 0.6) is 17.2 Å². The maximum Gasteiger partial charge on any atom is 0.231 e. The van der Waals surface area contributed by atoms with Crippen LogP contribution in [0.1, 0.15) is 18.9 Å². The van der Waals surface area contributed by atoms with Crippen LogP contribution >= 0.6 is 0 Å². The topological polar surface area (TPSA) is 77.1 Å². The van der Waals surface area contributed by atoms with Crippen molar-refractivity contribution >= 4 is 17.5 Å². The first-order chi connectivity index (χ1) is 13.1. The van der Waals surface area contributed by atoms with Crippen LogP contribution in [0.15, 0.2) is 42.5 Å². The van der Waals surface area contributed by atoms with Gasteiger partial charge in [-0.2, -0.15) is 0 Å². The van der Waals surface area contributed by atoms with Gasteiger partial charge in [-0.1, -0.05) is 12.1 Å². The molecule has 0 fully saturated rings. The van der Waals surface area contributed by atoms with Crippen molar-refractivity contribution in [3.05, 3.63) is 48.0 Å². The molecule has 1 N–H and O–H groups in total. The predicted molar refractivity (Wildman–Crippen MR) is 100 cm³/mol. The molecule has 0 aliphatic carbocycles. The maximum absolute atomic E-state index is 12.2. The Bertz CT molecular complexity index is 837. The highest BCUT2D eigenvalue weighted by molar-refractivity contribution is 5.92. The smallest absolute Gasteiger partial charge is 0.231 e. The standard InChI is InChI=1S/C20H22N2O5/c1-14(23)22(16-4-3-5-17(11-16)25-2)9-8-20(24)21-12-15-6-7-18-19(10-15)27-13-26-18/h3-7,10-11H,8-9,12-13H2,1-2H3,(H,21,24). The fourth-order valence-corrected chi connectivity index (χ4v) is 2.80. The third kappa shape index (κ3) is 4.69. The Labute approximate surface area is 157 Å². The molecule has 1 aliphatic rings. The number of ether oxygens (including phenoxy) is 3. The number of nitrogens with one attached hydrogen (secondary N) is 1. The van der Waals surface area contributed by atoms with Crippen molar-refractivity contribution in [3.8, 4) is 17.2 Å². The zero-order chi connectivity index (χ0) is 19.2. The van der Waals surface area contributed by atoms with E-state index in [1.54, 1.807) is 24.1 Å². The Morgan fingerprint density at radius 3 is 2.74 bits per heavy atom. The van der Waals surface area contributed by atoms with E-state index in [0.29, 0.717) is 29.5 Å². The Morgan fingerprint density at radius 2 is 1.96 bits per heavy atom. The second-order valence-electron chi connectivity index (χ2n) is 6.09. The summed E-state index contributed by atoms with van der Waals surface area (Å²) in [6, 6.07) is 12.8. The molecule has 2 amide bonds. The van der Waals surface area contributed by atoms with Gasteiger partial charge in [-0.3, -0.25) is 9.59 Å². The minimum atomic E-state index is -0.137. The van der Waals surface area contributed by atoms with Crippen molar-refractivity contribution in [3.63, 3.8) is 0 Å². The molecule has 0 unspecified atom stereocenters. The number of methoxy groups -OCH3 is 1. The molecule has 0 aromatic heterocycles. The van der Waals surface area contributed by atoms with Gasteiger partial charge in [-0.05, 0) is 29.8 Å². The highest BCUT2D eigenvalue weighted by Gasteiger charge is 2.15. The van der Waals surface area contributed by atoms with E-state index in [1.165, 1.54) is 6.92 Å². The second-order valence-corrected chi connectivity index (χ2v) is 6.09. The summed E-state index contributed by atoms with van der Waals surface area (Å²) < 4.78 is 15.8. The molecule has 7 nitrogen and oxygen atoms in total. The second kappa shape index (κ2) is 8.44. The molecule has 3 rings (SSSR count). The zero-order valence-electron chi connectivity index (χ0n) is 15.4. The number of benzene rings is 2. The number of nitrogens with zero attached hydrogens (tertiary/aromatic N) is 1. The molecular formula is C20H22N2O5. The van der Waals surface area contributed by atoms with E-state index in [0.717, 1.165) is 5.56 Å². The number of fused-ring (bicyclic) bond motifs is 1. The largest absolute Gasteiger partial charge is 0.497 e. The van der Waals surface area contributed by atoms with E-state index in [9.17, 15) is 9.59 Å². The van der Waals surface area contributed by atoms with Gasteiger partial charge in [-0.15, -0.1) is 0 Å². The van der Waals surface area contributed by atoms with Crippen LogP contribution in [0, 0.1) is 0 Å². The van der Waals surface area contributed by atoms with Crippen molar-refractivity contribution in [2.45, 2.75) is 19.9 Å². The van der Waals surface area contributed by atoms with Crippen molar-refractivity contribution in [1.29, 1.82) is 0 Å². The summed E-state index contributed by atoms with van der Waals surface area (Å²) in [6.07, 6.45) is 0.196. The number of carbonyl (C=O) groups is 2. The summed E-state index contributed by atoms with van der Waals surface area (Å²) >= 11 is 0. The monoisotopic (exact) mass is 370 g/mol. The van der Waals surface area contributed by atoms with E-state index in [4.69, 9.17) is 14.2 Å². The summed E-state index contributed by atoms with van der Waals surface area (Å²) in [4.78, 5) is 25.7. The lowest BCUT2D eigenvalue weighted by Gasteiger charge is -2.21. The van der Waals surface area contributed by atoms with E-state index in [1.807, 2.05) is 30.3 Å². The predicted octanol–water partition coefficient (Wildman–Crippen LogP) is 2.48. The lowest BCUT2D eigenvalue weighted by atomic mass is 10.2. The highest BCUT2D eigenvalue weighted by atomic mass is 16.7. The molecule has 0 saturated heterocycles. The van der Waals surface area contributed by atoms with Crippen LogP contribution in [0.3, 0.4) is 0 Å². The van der Waals surface area contributed by atoms with E-state index >= 15 is 0 Å². The molecule has 142 valence electrons. The number of hydrogen-bond acceptors (Lipinski definition) is 5. The normalized spacial score (nSPS) is 11.8. The molecule has 27 heavy (non-hydrogen) atoms. The van der Waals surface area contributed by atoms with Crippen molar-refractivity contribution in [2.75, 3.05) is 25.3 Å². The average Bonchev–Trinajstić information content (AvgIpc) is 3.14. The summed E-state index contributed by atoms with van der Waals surface area (Å²) in [5, 5.41) is 2.86.